The number of nitrogens with zero attached hydrogens (tertiary/aromatic N) is 1. The van der Waals surface area contributed by atoms with Gasteiger partial charge in [0.05, 0.1) is 5.69 Å². The van der Waals surface area contributed by atoms with Crippen LogP contribution in [0.25, 0.3) is 54.6 Å². The van der Waals surface area contributed by atoms with Gasteiger partial charge in [-0.2, -0.15) is 0 Å². The highest BCUT2D eigenvalue weighted by Gasteiger charge is 2.61. The zero-order valence-electron chi connectivity index (χ0n) is 28.0. The third kappa shape index (κ3) is 3.54. The average Bonchev–Trinajstić information content (AvgIpc) is 3.67. The Morgan fingerprint density at radius 1 is 0.460 bits per heavy atom. The van der Waals surface area contributed by atoms with Crippen LogP contribution in [0.1, 0.15) is 43.2 Å². The summed E-state index contributed by atoms with van der Waals surface area (Å²) in [5.41, 5.74) is 11.6. The van der Waals surface area contributed by atoms with Crippen LogP contribution < -0.4 is 4.90 Å². The first-order valence-electron chi connectivity index (χ1n) is 18.6. The molecule has 8 aromatic rings. The number of hydrogen-bond donors (Lipinski definition) is 0. The summed E-state index contributed by atoms with van der Waals surface area (Å²) in [7, 11) is 0. The van der Waals surface area contributed by atoms with E-state index >= 15 is 0 Å². The Kier molecular flexibility index (Phi) is 5.43. The van der Waals surface area contributed by atoms with E-state index < -0.39 is 0 Å². The van der Waals surface area contributed by atoms with Crippen molar-refractivity contribution in [3.05, 3.63) is 151 Å². The lowest BCUT2D eigenvalue weighted by atomic mass is 9.43. The minimum absolute atomic E-state index is 0.106. The zero-order chi connectivity index (χ0) is 32.6. The molecule has 5 aliphatic carbocycles. The molecule has 4 saturated carbocycles. The van der Waals surface area contributed by atoms with Crippen LogP contribution in [0.15, 0.2) is 144 Å². The van der Waals surface area contributed by atoms with E-state index in [2.05, 4.69) is 144 Å². The Hall–Kier alpha value is -5.34. The van der Waals surface area contributed by atoms with Crippen LogP contribution in [-0.2, 0) is 5.41 Å². The van der Waals surface area contributed by atoms with Gasteiger partial charge in [0, 0.05) is 39.0 Å². The van der Waals surface area contributed by atoms with Crippen molar-refractivity contribution < 1.29 is 4.42 Å². The fourth-order valence-electron chi connectivity index (χ4n) is 11.8. The van der Waals surface area contributed by atoms with Crippen LogP contribution in [-0.4, -0.2) is 0 Å². The second kappa shape index (κ2) is 9.88. The second-order valence-corrected chi connectivity index (χ2v) is 15.7. The Morgan fingerprint density at radius 3 is 1.92 bits per heavy atom. The molecule has 0 N–H and O–H groups in total. The molecule has 0 radical (unpaired) electrons. The van der Waals surface area contributed by atoms with Crippen LogP contribution in [0, 0.1) is 23.7 Å². The van der Waals surface area contributed by atoms with Crippen molar-refractivity contribution in [1.82, 2.24) is 0 Å². The fraction of sp³-hybridized carbons (Fsp3) is 0.208. The topological polar surface area (TPSA) is 16.4 Å². The summed E-state index contributed by atoms with van der Waals surface area (Å²) in [6.07, 6.45) is 6.99. The Bertz CT molecular complexity index is 2670. The quantitative estimate of drug-likeness (QED) is 0.178. The maximum atomic E-state index is 6.52. The van der Waals surface area contributed by atoms with Crippen molar-refractivity contribution in [2.45, 2.75) is 37.5 Å². The number of para-hydroxylation sites is 1. The molecule has 13 rings (SSSR count). The van der Waals surface area contributed by atoms with E-state index in [1.807, 2.05) is 0 Å². The summed E-state index contributed by atoms with van der Waals surface area (Å²) < 4.78 is 6.52. The molecule has 4 bridgehead atoms. The molecule has 1 aromatic heterocycles. The summed E-state index contributed by atoms with van der Waals surface area (Å²) in [5.74, 6) is 3.27. The van der Waals surface area contributed by atoms with E-state index in [4.69, 9.17) is 4.42 Å². The molecular weight excluding hydrogens is 607 g/mol. The van der Waals surface area contributed by atoms with Crippen molar-refractivity contribution in [2.24, 2.45) is 23.7 Å². The van der Waals surface area contributed by atoms with Gasteiger partial charge >= 0.3 is 0 Å². The number of rotatable bonds is 3. The van der Waals surface area contributed by atoms with Crippen LogP contribution >= 0.6 is 0 Å². The summed E-state index contributed by atoms with van der Waals surface area (Å²) in [6.45, 7) is 0. The molecule has 2 heteroatoms. The van der Waals surface area contributed by atoms with Crippen LogP contribution in [0.3, 0.4) is 0 Å². The summed E-state index contributed by atoms with van der Waals surface area (Å²) >= 11 is 0. The van der Waals surface area contributed by atoms with Gasteiger partial charge in [-0.1, -0.05) is 97.1 Å². The second-order valence-electron chi connectivity index (χ2n) is 15.7. The van der Waals surface area contributed by atoms with Crippen molar-refractivity contribution >= 4 is 60.5 Å². The van der Waals surface area contributed by atoms with Gasteiger partial charge in [-0.25, -0.2) is 0 Å². The van der Waals surface area contributed by atoms with Gasteiger partial charge in [-0.05, 0) is 131 Å². The molecular formula is C48H37NO. The molecule has 240 valence electrons. The molecule has 0 amide bonds. The van der Waals surface area contributed by atoms with Crippen molar-refractivity contribution in [3.8, 4) is 11.1 Å². The summed E-state index contributed by atoms with van der Waals surface area (Å²) in [4.78, 5) is 2.52. The van der Waals surface area contributed by atoms with Crippen LogP contribution in [0.4, 0.5) is 17.1 Å². The van der Waals surface area contributed by atoms with Gasteiger partial charge in [0.2, 0.25) is 0 Å². The molecule has 5 aliphatic rings. The molecule has 0 aliphatic heterocycles. The molecule has 50 heavy (non-hydrogen) atoms. The Balaban J connectivity index is 1.14. The molecule has 4 fully saturated rings. The lowest BCUT2D eigenvalue weighted by Gasteiger charge is -2.61. The number of fused-ring (bicyclic) bond motifs is 9. The Morgan fingerprint density at radius 2 is 1.08 bits per heavy atom. The minimum Gasteiger partial charge on any atom is -0.456 e. The minimum atomic E-state index is 0.106. The standard InChI is InChI=1S/C48H37NO/c1-2-10-36-31(9-1)26-45(40-13-4-3-11-37(36)40)49(35-18-20-42-41-14-6-8-16-46(41)50-47(42)28-35)34-17-19-39-38-12-5-7-15-43(38)48(44(39)27-34)32-22-29-21-30(24-32)25-33(48)23-29/h1-20,26-30,32-33H,21-25H2. The van der Waals surface area contributed by atoms with Crippen molar-refractivity contribution in [2.75, 3.05) is 4.90 Å². The predicted octanol–water partition coefficient (Wildman–Crippen LogP) is 13.1. The third-order valence-corrected chi connectivity index (χ3v) is 13.4. The van der Waals surface area contributed by atoms with E-state index in [0.717, 1.165) is 51.3 Å². The van der Waals surface area contributed by atoms with Crippen molar-refractivity contribution in [1.29, 1.82) is 0 Å². The first kappa shape index (κ1) is 27.5. The van der Waals surface area contributed by atoms with Crippen molar-refractivity contribution in [3.63, 3.8) is 0 Å². The average molecular weight is 644 g/mol. The van der Waals surface area contributed by atoms with Gasteiger partial charge in [0.25, 0.3) is 0 Å². The van der Waals surface area contributed by atoms with Gasteiger partial charge in [0.15, 0.2) is 0 Å². The van der Waals surface area contributed by atoms with Gasteiger partial charge in [0.1, 0.15) is 11.2 Å². The molecule has 1 heterocycles. The molecule has 0 atom stereocenters. The van der Waals surface area contributed by atoms with Crippen LogP contribution in [0.5, 0.6) is 0 Å². The highest BCUT2D eigenvalue weighted by Crippen LogP contribution is 2.69. The first-order valence-corrected chi connectivity index (χ1v) is 18.6. The first-order chi connectivity index (χ1) is 24.7. The normalized spacial score (nSPS) is 24.5. The highest BCUT2D eigenvalue weighted by molar-refractivity contribution is 6.15. The van der Waals surface area contributed by atoms with Gasteiger partial charge in [-0.15, -0.1) is 0 Å². The molecule has 1 spiro atoms. The number of hydrogen-bond acceptors (Lipinski definition) is 2. The molecule has 7 aromatic carbocycles. The Labute approximate surface area is 292 Å². The molecule has 0 saturated heterocycles. The molecule has 0 unspecified atom stereocenters. The number of furan rings is 1. The monoisotopic (exact) mass is 643 g/mol. The van der Waals surface area contributed by atoms with E-state index in [1.54, 1.807) is 11.1 Å². The smallest absolute Gasteiger partial charge is 0.137 e. The zero-order valence-corrected chi connectivity index (χ0v) is 28.0. The van der Waals surface area contributed by atoms with E-state index in [1.165, 1.54) is 76.2 Å². The highest BCUT2D eigenvalue weighted by atomic mass is 16.3. The lowest BCUT2D eigenvalue weighted by Crippen LogP contribution is -2.55. The van der Waals surface area contributed by atoms with Gasteiger partial charge < -0.3 is 9.32 Å². The summed E-state index contributed by atoms with van der Waals surface area (Å²) in [6, 6.07) is 52.3. The van der Waals surface area contributed by atoms with Crippen LogP contribution in [0.2, 0.25) is 0 Å². The maximum absolute atomic E-state index is 6.52. The largest absolute Gasteiger partial charge is 0.456 e. The fourth-order valence-corrected chi connectivity index (χ4v) is 11.8. The van der Waals surface area contributed by atoms with E-state index in [0.29, 0.717) is 0 Å². The molecule has 2 nitrogen and oxygen atoms in total. The predicted molar refractivity (Wildman–Crippen MR) is 207 cm³/mol. The SMILES string of the molecule is c1ccc2c(c1)-c1ccc(N(c3ccc4c(c3)oc3ccccc34)c3cc4ccccc4c4ccccc34)cc1C21C2CC3CC(C2)CC1C3. The summed E-state index contributed by atoms with van der Waals surface area (Å²) in [5, 5.41) is 7.39. The number of benzene rings is 7. The van der Waals surface area contributed by atoms with E-state index in [9.17, 15) is 0 Å². The number of anilines is 3. The lowest BCUT2D eigenvalue weighted by molar-refractivity contribution is -0.0399. The van der Waals surface area contributed by atoms with E-state index in [-0.39, 0.29) is 5.41 Å². The van der Waals surface area contributed by atoms with Gasteiger partial charge in [-0.3, -0.25) is 0 Å². The third-order valence-electron chi connectivity index (χ3n) is 13.4. The maximum Gasteiger partial charge on any atom is 0.137 e.